The van der Waals surface area contributed by atoms with E-state index < -0.39 is 17.5 Å². The second-order valence-corrected chi connectivity index (χ2v) is 7.48. The predicted octanol–water partition coefficient (Wildman–Crippen LogP) is 5.25. The van der Waals surface area contributed by atoms with Gasteiger partial charge in [-0.2, -0.15) is 0 Å². The van der Waals surface area contributed by atoms with Crippen molar-refractivity contribution in [2.75, 3.05) is 10.2 Å². The first kappa shape index (κ1) is 19.2. The van der Waals surface area contributed by atoms with E-state index in [1.54, 1.807) is 29.7 Å². The fourth-order valence-corrected chi connectivity index (χ4v) is 3.98. The lowest BCUT2D eigenvalue weighted by Gasteiger charge is -2.18. The molecular formula is C20H12ClF2N3O2S. The van der Waals surface area contributed by atoms with Crippen LogP contribution in [-0.2, 0) is 9.59 Å². The van der Waals surface area contributed by atoms with Crippen molar-refractivity contribution in [3.8, 4) is 0 Å². The molecule has 0 saturated carbocycles. The van der Waals surface area contributed by atoms with Crippen LogP contribution in [-0.4, -0.2) is 16.8 Å². The zero-order chi connectivity index (χ0) is 20.7. The van der Waals surface area contributed by atoms with Gasteiger partial charge in [0.05, 0.1) is 22.6 Å². The van der Waals surface area contributed by atoms with Gasteiger partial charge in [0.25, 0.3) is 5.91 Å². The van der Waals surface area contributed by atoms with Crippen LogP contribution in [0.5, 0.6) is 0 Å². The van der Waals surface area contributed by atoms with Crippen molar-refractivity contribution in [2.24, 2.45) is 0 Å². The summed E-state index contributed by atoms with van der Waals surface area (Å²) in [6, 6.07) is 8.00. The Bertz CT molecular complexity index is 1190. The summed E-state index contributed by atoms with van der Waals surface area (Å²) in [4.78, 5) is 29.8. The van der Waals surface area contributed by atoms with Crippen molar-refractivity contribution in [3.05, 3.63) is 69.7 Å². The van der Waals surface area contributed by atoms with Gasteiger partial charge >= 0.3 is 0 Å². The van der Waals surface area contributed by atoms with E-state index in [4.69, 9.17) is 11.6 Å². The molecule has 29 heavy (non-hydrogen) atoms. The van der Waals surface area contributed by atoms with Crippen molar-refractivity contribution in [1.82, 2.24) is 4.98 Å². The fourth-order valence-electron chi connectivity index (χ4n) is 2.97. The Hall–Kier alpha value is -3.10. The normalized spacial score (nSPS) is 14.1. The van der Waals surface area contributed by atoms with E-state index in [1.165, 1.54) is 13.0 Å². The highest BCUT2D eigenvalue weighted by molar-refractivity contribution is 7.14. The topological polar surface area (TPSA) is 62.3 Å². The average Bonchev–Trinajstić information content (AvgIpc) is 3.22. The number of nitrogens with one attached hydrogen (secondary N) is 1. The Balaban J connectivity index is 1.72. The van der Waals surface area contributed by atoms with Crippen LogP contribution < -0.4 is 10.2 Å². The number of thiazole rings is 1. The number of hydrogen-bond donors (Lipinski definition) is 1. The summed E-state index contributed by atoms with van der Waals surface area (Å²) in [7, 11) is 0. The number of carbonyl (C=O) groups excluding carboxylic acids is 2. The first-order valence-corrected chi connectivity index (χ1v) is 9.63. The molecule has 1 N–H and O–H groups in total. The highest BCUT2D eigenvalue weighted by Gasteiger charge is 2.25. The van der Waals surface area contributed by atoms with E-state index in [2.05, 4.69) is 10.3 Å². The molecule has 1 aliphatic heterocycles. The molecule has 2 aromatic carbocycles. The van der Waals surface area contributed by atoms with Crippen LogP contribution in [0.25, 0.3) is 11.6 Å². The number of fused-ring (bicyclic) bond motifs is 1. The standard InChI is InChI=1S/C20H12ClF2N3O2S/c1-10(27)26(18-5-3-12(22)7-16(18)23)20-24-13(9-29-20)8-15-14-4-2-11(21)6-17(14)25-19(15)28/h2-9H,1H3,(H,25,28)/b15-8+. The quantitative estimate of drug-likeness (QED) is 0.576. The minimum atomic E-state index is -0.878. The van der Waals surface area contributed by atoms with E-state index in [9.17, 15) is 18.4 Å². The van der Waals surface area contributed by atoms with Gasteiger partial charge in [-0.05, 0) is 30.3 Å². The van der Waals surface area contributed by atoms with E-state index in [-0.39, 0.29) is 16.7 Å². The van der Waals surface area contributed by atoms with E-state index in [0.717, 1.165) is 22.3 Å². The number of nitrogens with zero attached hydrogens (tertiary/aromatic N) is 2. The van der Waals surface area contributed by atoms with Crippen molar-refractivity contribution in [3.63, 3.8) is 0 Å². The smallest absolute Gasteiger partial charge is 0.256 e. The van der Waals surface area contributed by atoms with Gasteiger partial charge in [-0.1, -0.05) is 17.7 Å². The lowest BCUT2D eigenvalue weighted by atomic mass is 10.1. The van der Waals surface area contributed by atoms with Crippen molar-refractivity contribution in [1.29, 1.82) is 0 Å². The summed E-state index contributed by atoms with van der Waals surface area (Å²) in [6.07, 6.45) is 1.58. The van der Waals surface area contributed by atoms with Crippen LogP contribution >= 0.6 is 22.9 Å². The van der Waals surface area contributed by atoms with Crippen molar-refractivity contribution in [2.45, 2.75) is 6.92 Å². The molecule has 1 aliphatic rings. The second kappa shape index (κ2) is 7.38. The number of rotatable bonds is 3. The first-order chi connectivity index (χ1) is 13.8. The van der Waals surface area contributed by atoms with Crippen LogP contribution in [0.2, 0.25) is 5.02 Å². The zero-order valence-corrected chi connectivity index (χ0v) is 16.4. The van der Waals surface area contributed by atoms with Gasteiger partial charge < -0.3 is 5.32 Å². The maximum absolute atomic E-state index is 14.2. The molecule has 1 aromatic heterocycles. The van der Waals surface area contributed by atoms with Gasteiger partial charge in [0.2, 0.25) is 5.91 Å². The fraction of sp³-hybridized carbons (Fsp3) is 0.0500. The van der Waals surface area contributed by atoms with E-state index >= 15 is 0 Å². The first-order valence-electron chi connectivity index (χ1n) is 8.38. The molecule has 0 bridgehead atoms. The number of hydrogen-bond acceptors (Lipinski definition) is 4. The Morgan fingerprint density at radius 3 is 2.76 bits per heavy atom. The van der Waals surface area contributed by atoms with Crippen LogP contribution in [0.1, 0.15) is 18.2 Å². The number of anilines is 3. The van der Waals surface area contributed by atoms with E-state index in [0.29, 0.717) is 33.6 Å². The molecular weight excluding hydrogens is 420 g/mol. The summed E-state index contributed by atoms with van der Waals surface area (Å²) < 4.78 is 27.4. The van der Waals surface area contributed by atoms with Gasteiger partial charge in [-0.25, -0.2) is 13.8 Å². The lowest BCUT2D eigenvalue weighted by Crippen LogP contribution is -2.23. The summed E-state index contributed by atoms with van der Waals surface area (Å²) >= 11 is 7.05. The Morgan fingerprint density at radius 2 is 2.03 bits per heavy atom. The Kier molecular flexibility index (Phi) is 4.89. The highest BCUT2D eigenvalue weighted by atomic mass is 35.5. The molecule has 0 aliphatic carbocycles. The number of aromatic nitrogens is 1. The molecule has 5 nitrogen and oxygen atoms in total. The van der Waals surface area contributed by atoms with Gasteiger partial charge in [-0.3, -0.25) is 14.5 Å². The number of amides is 2. The summed E-state index contributed by atoms with van der Waals surface area (Å²) in [5, 5.41) is 5.07. The maximum atomic E-state index is 14.2. The van der Waals surface area contributed by atoms with Gasteiger partial charge in [0.15, 0.2) is 5.13 Å². The number of carbonyl (C=O) groups is 2. The number of halogens is 3. The summed E-state index contributed by atoms with van der Waals surface area (Å²) in [5.74, 6) is -2.41. The Morgan fingerprint density at radius 1 is 1.24 bits per heavy atom. The molecule has 146 valence electrons. The van der Waals surface area contributed by atoms with Crippen LogP contribution in [0.3, 0.4) is 0 Å². The van der Waals surface area contributed by atoms with Crippen molar-refractivity contribution < 1.29 is 18.4 Å². The monoisotopic (exact) mass is 431 g/mol. The third-order valence-electron chi connectivity index (χ3n) is 4.22. The molecule has 0 unspecified atom stereocenters. The third kappa shape index (κ3) is 3.64. The maximum Gasteiger partial charge on any atom is 0.256 e. The molecule has 0 spiro atoms. The molecule has 0 saturated heterocycles. The molecule has 0 fully saturated rings. The van der Waals surface area contributed by atoms with Gasteiger partial charge in [0, 0.05) is 29.0 Å². The lowest BCUT2D eigenvalue weighted by molar-refractivity contribution is -0.116. The second-order valence-electron chi connectivity index (χ2n) is 6.21. The zero-order valence-electron chi connectivity index (χ0n) is 14.9. The van der Waals surface area contributed by atoms with E-state index in [1.807, 2.05) is 0 Å². The third-order valence-corrected chi connectivity index (χ3v) is 5.30. The van der Waals surface area contributed by atoms with Crippen LogP contribution in [0, 0.1) is 11.6 Å². The molecule has 2 amide bonds. The minimum absolute atomic E-state index is 0.106. The minimum Gasteiger partial charge on any atom is -0.321 e. The molecule has 4 rings (SSSR count). The highest BCUT2D eigenvalue weighted by Crippen LogP contribution is 2.36. The molecule has 0 atom stereocenters. The molecule has 3 aromatic rings. The SMILES string of the molecule is CC(=O)N(c1nc(/C=C2/C(=O)Nc3cc(Cl)ccc32)cs1)c1ccc(F)cc1F. The molecule has 0 radical (unpaired) electrons. The molecule has 9 heteroatoms. The predicted molar refractivity (Wildman–Crippen MR) is 109 cm³/mol. The van der Waals surface area contributed by atoms with Crippen LogP contribution in [0.4, 0.5) is 25.3 Å². The van der Waals surface area contributed by atoms with Gasteiger partial charge in [0.1, 0.15) is 11.6 Å². The largest absolute Gasteiger partial charge is 0.321 e. The summed E-state index contributed by atoms with van der Waals surface area (Å²) in [5.41, 5.74) is 2.00. The number of benzene rings is 2. The van der Waals surface area contributed by atoms with Gasteiger partial charge in [-0.15, -0.1) is 11.3 Å². The average molecular weight is 432 g/mol. The summed E-state index contributed by atoms with van der Waals surface area (Å²) in [6.45, 7) is 1.26. The molecule has 2 heterocycles. The van der Waals surface area contributed by atoms with Crippen molar-refractivity contribution >= 4 is 62.9 Å². The Labute approximate surface area is 173 Å². The van der Waals surface area contributed by atoms with Crippen LogP contribution in [0.15, 0.2) is 41.8 Å².